The number of hydrogen-bond acceptors (Lipinski definition) is 7. The monoisotopic (exact) mass is 426 g/mol. The number of aliphatic hydroxyl groups excluding tert-OH is 1. The Kier molecular flexibility index (Phi) is 10.8. The van der Waals surface area contributed by atoms with Gasteiger partial charge in [-0.05, 0) is 24.6 Å². The molecular weight excluding hydrogens is 400 g/mol. The average Bonchev–Trinajstić information content (AvgIpc) is 2.64. The van der Waals surface area contributed by atoms with Gasteiger partial charge >= 0.3 is 11.9 Å². The molecule has 2 rings (SSSR count). The summed E-state index contributed by atoms with van der Waals surface area (Å²) in [6.45, 7) is 5.85. The van der Waals surface area contributed by atoms with Crippen molar-refractivity contribution < 1.29 is 34.4 Å². The molecule has 0 spiro atoms. The smallest absolute Gasteiger partial charge is 0.328 e. The number of aliphatic carboxylic acids is 2. The zero-order chi connectivity index (χ0) is 21.8. The normalized spacial score (nSPS) is 13.9. The molecule has 1 unspecified atom stereocenters. The van der Waals surface area contributed by atoms with E-state index >= 15 is 0 Å². The van der Waals surface area contributed by atoms with Gasteiger partial charge in [0.25, 0.3) is 0 Å². The topological polar surface area (TPSA) is 145 Å². The molecule has 0 radical (unpaired) electrons. The first-order valence-corrected chi connectivity index (χ1v) is 9.88. The maximum absolute atomic E-state index is 11.4. The summed E-state index contributed by atoms with van der Waals surface area (Å²) >= 11 is 1.52. The van der Waals surface area contributed by atoms with Crippen molar-refractivity contribution in [1.29, 1.82) is 0 Å². The second kappa shape index (κ2) is 12.8. The number of amides is 1. The number of ether oxygens (including phenoxy) is 1. The van der Waals surface area contributed by atoms with Crippen molar-refractivity contribution in [2.24, 2.45) is 5.92 Å². The van der Waals surface area contributed by atoms with E-state index in [0.29, 0.717) is 36.1 Å². The summed E-state index contributed by atoms with van der Waals surface area (Å²) in [5.41, 5.74) is 0.779. The van der Waals surface area contributed by atoms with Crippen LogP contribution in [0.3, 0.4) is 0 Å². The SMILES string of the molecule is CC(C)CNCC(O)COc1ccc2c(c1)NC(=O)CS2.O=C(O)/C=C/C(=O)O. The van der Waals surface area contributed by atoms with Crippen LogP contribution in [-0.2, 0) is 14.4 Å². The van der Waals surface area contributed by atoms with Gasteiger partial charge in [-0.2, -0.15) is 0 Å². The van der Waals surface area contributed by atoms with Crippen LogP contribution < -0.4 is 15.4 Å². The molecule has 9 nitrogen and oxygen atoms in total. The van der Waals surface area contributed by atoms with Crippen LogP contribution in [0.4, 0.5) is 5.69 Å². The van der Waals surface area contributed by atoms with E-state index in [1.54, 1.807) is 6.07 Å². The fourth-order valence-corrected chi connectivity index (χ4v) is 2.87. The summed E-state index contributed by atoms with van der Waals surface area (Å²) < 4.78 is 5.58. The van der Waals surface area contributed by atoms with Gasteiger partial charge in [-0.15, -0.1) is 11.8 Å². The Bertz CT molecular complexity index is 721. The Hall–Kier alpha value is -2.56. The molecule has 1 aliphatic heterocycles. The summed E-state index contributed by atoms with van der Waals surface area (Å²) in [7, 11) is 0. The van der Waals surface area contributed by atoms with Gasteiger partial charge in [-0.1, -0.05) is 13.8 Å². The number of carbonyl (C=O) groups is 3. The van der Waals surface area contributed by atoms with Crippen LogP contribution in [0.5, 0.6) is 5.75 Å². The minimum atomic E-state index is -1.26. The number of carbonyl (C=O) groups excluding carboxylic acids is 1. The number of carboxylic acids is 2. The van der Waals surface area contributed by atoms with Crippen LogP contribution in [-0.4, -0.2) is 64.7 Å². The highest BCUT2D eigenvalue weighted by molar-refractivity contribution is 8.00. The molecule has 1 aromatic carbocycles. The summed E-state index contributed by atoms with van der Waals surface area (Å²) in [5, 5.41) is 31.5. The minimum absolute atomic E-state index is 0.00238. The summed E-state index contributed by atoms with van der Waals surface area (Å²) in [6, 6.07) is 5.59. The van der Waals surface area contributed by atoms with Gasteiger partial charge < -0.3 is 30.7 Å². The molecule has 1 aromatic rings. The molecule has 0 aromatic heterocycles. The molecule has 0 saturated carbocycles. The Morgan fingerprint density at radius 2 is 1.90 bits per heavy atom. The summed E-state index contributed by atoms with van der Waals surface area (Å²) in [5.74, 6) is -0.852. The lowest BCUT2D eigenvalue weighted by molar-refractivity contribution is -0.134. The highest BCUT2D eigenvalue weighted by Gasteiger charge is 2.16. The number of hydrogen-bond donors (Lipinski definition) is 5. The van der Waals surface area contributed by atoms with E-state index in [4.69, 9.17) is 14.9 Å². The van der Waals surface area contributed by atoms with Crippen LogP contribution >= 0.6 is 11.8 Å². The van der Waals surface area contributed by atoms with Gasteiger partial charge in [-0.25, -0.2) is 9.59 Å². The third kappa shape index (κ3) is 11.1. The molecular formula is C19H26N2O7S. The number of aliphatic hydroxyl groups is 1. The van der Waals surface area contributed by atoms with Crippen molar-refractivity contribution in [3.05, 3.63) is 30.4 Å². The van der Waals surface area contributed by atoms with E-state index in [1.165, 1.54) is 11.8 Å². The molecule has 0 aliphatic carbocycles. The van der Waals surface area contributed by atoms with E-state index in [1.807, 2.05) is 12.1 Å². The number of fused-ring (bicyclic) bond motifs is 1. The highest BCUT2D eigenvalue weighted by Crippen LogP contribution is 2.34. The molecule has 1 heterocycles. The van der Waals surface area contributed by atoms with Crippen molar-refractivity contribution in [3.63, 3.8) is 0 Å². The van der Waals surface area contributed by atoms with E-state index in [0.717, 1.165) is 17.1 Å². The number of carboxylic acid groups (broad SMARTS) is 2. The number of benzene rings is 1. The molecule has 0 fully saturated rings. The largest absolute Gasteiger partial charge is 0.491 e. The second-order valence-electron chi connectivity index (χ2n) is 6.52. The Labute approximate surface area is 173 Å². The van der Waals surface area contributed by atoms with Gasteiger partial charge in [0.1, 0.15) is 18.5 Å². The molecule has 1 aliphatic rings. The Balaban J connectivity index is 0.000000447. The average molecular weight is 426 g/mol. The van der Waals surface area contributed by atoms with E-state index in [-0.39, 0.29) is 12.5 Å². The number of nitrogens with one attached hydrogen (secondary N) is 2. The van der Waals surface area contributed by atoms with Crippen LogP contribution in [0.15, 0.2) is 35.2 Å². The van der Waals surface area contributed by atoms with Crippen LogP contribution in [0.2, 0.25) is 0 Å². The Morgan fingerprint density at radius 1 is 1.24 bits per heavy atom. The van der Waals surface area contributed by atoms with Crippen molar-refractivity contribution in [3.8, 4) is 5.75 Å². The first-order chi connectivity index (χ1) is 13.7. The number of anilines is 1. The van der Waals surface area contributed by atoms with E-state index in [2.05, 4.69) is 24.5 Å². The highest BCUT2D eigenvalue weighted by atomic mass is 32.2. The van der Waals surface area contributed by atoms with Gasteiger partial charge in [0.05, 0.1) is 11.4 Å². The third-order valence-electron chi connectivity index (χ3n) is 3.33. The predicted octanol–water partition coefficient (Wildman–Crippen LogP) is 1.43. The fourth-order valence-electron chi connectivity index (χ4n) is 2.08. The van der Waals surface area contributed by atoms with Crippen molar-refractivity contribution in [2.75, 3.05) is 30.8 Å². The summed E-state index contributed by atoms with van der Waals surface area (Å²) in [6.07, 6.45) is 0.564. The lowest BCUT2D eigenvalue weighted by Crippen LogP contribution is -2.33. The zero-order valence-electron chi connectivity index (χ0n) is 16.3. The minimum Gasteiger partial charge on any atom is -0.491 e. The molecule has 1 atom stereocenters. The lowest BCUT2D eigenvalue weighted by atomic mass is 10.2. The lowest BCUT2D eigenvalue weighted by Gasteiger charge is -2.18. The van der Waals surface area contributed by atoms with Gasteiger partial charge in [0.15, 0.2) is 0 Å². The van der Waals surface area contributed by atoms with Crippen LogP contribution in [0.1, 0.15) is 13.8 Å². The van der Waals surface area contributed by atoms with E-state index in [9.17, 15) is 19.5 Å². The maximum atomic E-state index is 11.4. The molecule has 10 heteroatoms. The molecule has 5 N–H and O–H groups in total. The van der Waals surface area contributed by atoms with Crippen molar-refractivity contribution in [2.45, 2.75) is 24.8 Å². The molecule has 0 saturated heterocycles. The quantitative estimate of drug-likeness (QED) is 0.370. The van der Waals surface area contributed by atoms with Gasteiger partial charge in [-0.3, -0.25) is 4.79 Å². The van der Waals surface area contributed by atoms with E-state index < -0.39 is 18.0 Å². The molecule has 29 heavy (non-hydrogen) atoms. The van der Waals surface area contributed by atoms with Gasteiger partial charge in [0, 0.05) is 29.7 Å². The molecule has 160 valence electrons. The standard InChI is InChI=1S/C15H22N2O3S.C4H4O4/c1-10(2)6-16-7-11(18)8-20-12-3-4-14-13(5-12)17-15(19)9-21-14;5-3(6)1-2-4(7)8/h3-5,10-11,16,18H,6-9H2,1-2H3,(H,17,19);1-2H,(H,5,6)(H,7,8)/b;2-1+. The number of thioether (sulfide) groups is 1. The van der Waals surface area contributed by atoms with Crippen molar-refractivity contribution >= 4 is 35.3 Å². The van der Waals surface area contributed by atoms with Crippen LogP contribution in [0.25, 0.3) is 0 Å². The predicted molar refractivity (Wildman–Crippen MR) is 109 cm³/mol. The third-order valence-corrected chi connectivity index (χ3v) is 4.40. The number of rotatable bonds is 9. The second-order valence-corrected chi connectivity index (χ2v) is 7.54. The fraction of sp³-hybridized carbons (Fsp3) is 0.421. The maximum Gasteiger partial charge on any atom is 0.328 e. The van der Waals surface area contributed by atoms with Crippen LogP contribution in [0, 0.1) is 5.92 Å². The molecule has 1 amide bonds. The summed E-state index contributed by atoms with van der Waals surface area (Å²) in [4.78, 5) is 31.5. The first-order valence-electron chi connectivity index (χ1n) is 8.89. The Morgan fingerprint density at radius 3 is 2.48 bits per heavy atom. The first kappa shape index (κ1) is 24.5. The van der Waals surface area contributed by atoms with Crippen molar-refractivity contribution in [1.82, 2.24) is 5.32 Å². The zero-order valence-corrected chi connectivity index (χ0v) is 17.1. The van der Waals surface area contributed by atoms with Gasteiger partial charge in [0.2, 0.25) is 5.91 Å². The molecule has 0 bridgehead atoms.